The van der Waals surface area contributed by atoms with Crippen LogP contribution in [0.25, 0.3) is 0 Å². The van der Waals surface area contributed by atoms with Crippen LogP contribution in [0.5, 0.6) is 0 Å². The molecular weight excluding hydrogens is 276 g/mol. The molecule has 0 heterocycles. The average molecular weight is 298 g/mol. The summed E-state index contributed by atoms with van der Waals surface area (Å²) in [4.78, 5) is 14.6. The fraction of sp³-hybridized carbons (Fsp3) is 0.500. The second kappa shape index (κ2) is 10.7. The predicted octanol–water partition coefficient (Wildman–Crippen LogP) is 0.181. The van der Waals surface area contributed by atoms with Gasteiger partial charge in [-0.15, -0.1) is 11.8 Å². The van der Waals surface area contributed by atoms with E-state index in [1.54, 1.807) is 16.7 Å². The number of aliphatic hydroxyl groups excluding tert-OH is 2. The number of hydrogen-bond acceptors (Lipinski definition) is 5. The SMILES string of the molecule is O=C(CN(CCO)CCO)NCCSc1ccccc1. The molecule has 0 aliphatic rings. The Labute approximate surface area is 124 Å². The largest absolute Gasteiger partial charge is 0.395 e. The molecule has 3 N–H and O–H groups in total. The van der Waals surface area contributed by atoms with Crippen LogP contribution in [0.4, 0.5) is 0 Å². The summed E-state index contributed by atoms with van der Waals surface area (Å²) < 4.78 is 0. The summed E-state index contributed by atoms with van der Waals surface area (Å²) in [6.07, 6.45) is 0. The Hall–Kier alpha value is -1.08. The minimum atomic E-state index is -0.0828. The highest BCUT2D eigenvalue weighted by molar-refractivity contribution is 7.99. The first kappa shape index (κ1) is 17.0. The van der Waals surface area contributed by atoms with Crippen LogP contribution in [-0.2, 0) is 4.79 Å². The van der Waals surface area contributed by atoms with Crippen LogP contribution in [0.2, 0.25) is 0 Å². The number of benzene rings is 1. The van der Waals surface area contributed by atoms with E-state index in [1.807, 2.05) is 30.3 Å². The van der Waals surface area contributed by atoms with Crippen molar-refractivity contribution in [2.45, 2.75) is 4.90 Å². The van der Waals surface area contributed by atoms with E-state index in [2.05, 4.69) is 5.32 Å². The van der Waals surface area contributed by atoms with Crippen molar-refractivity contribution in [1.82, 2.24) is 10.2 Å². The van der Waals surface area contributed by atoms with E-state index in [1.165, 1.54) is 4.90 Å². The number of carbonyl (C=O) groups excluding carboxylic acids is 1. The van der Waals surface area contributed by atoms with E-state index in [4.69, 9.17) is 10.2 Å². The maximum absolute atomic E-state index is 11.7. The topological polar surface area (TPSA) is 72.8 Å². The van der Waals surface area contributed by atoms with E-state index in [0.717, 1.165) is 5.75 Å². The number of nitrogens with zero attached hydrogens (tertiary/aromatic N) is 1. The number of hydrogen-bond donors (Lipinski definition) is 3. The summed E-state index contributed by atoms with van der Waals surface area (Å²) in [6, 6.07) is 10.0. The number of thioether (sulfide) groups is 1. The zero-order chi connectivity index (χ0) is 14.6. The molecular formula is C14H22N2O3S. The molecule has 0 unspecified atom stereocenters. The van der Waals surface area contributed by atoms with Gasteiger partial charge in [0.15, 0.2) is 0 Å². The third-order valence-electron chi connectivity index (χ3n) is 2.64. The minimum absolute atomic E-state index is 0.0167. The second-order valence-corrected chi connectivity index (χ2v) is 5.40. The molecule has 0 aromatic heterocycles. The summed E-state index contributed by atoms with van der Waals surface area (Å²) in [7, 11) is 0. The Balaban J connectivity index is 2.15. The first-order valence-corrected chi connectivity index (χ1v) is 7.63. The van der Waals surface area contributed by atoms with Crippen molar-refractivity contribution in [3.05, 3.63) is 30.3 Å². The van der Waals surface area contributed by atoms with Crippen LogP contribution in [0.15, 0.2) is 35.2 Å². The Bertz CT molecular complexity index is 370. The van der Waals surface area contributed by atoms with Gasteiger partial charge in [-0.3, -0.25) is 9.69 Å². The summed E-state index contributed by atoms with van der Waals surface area (Å²) in [5.41, 5.74) is 0. The average Bonchev–Trinajstić information content (AvgIpc) is 2.45. The molecule has 6 heteroatoms. The van der Waals surface area contributed by atoms with Gasteiger partial charge in [-0.05, 0) is 12.1 Å². The highest BCUT2D eigenvalue weighted by atomic mass is 32.2. The number of carbonyl (C=O) groups is 1. The van der Waals surface area contributed by atoms with Crippen molar-refractivity contribution in [2.75, 3.05) is 45.1 Å². The zero-order valence-corrected chi connectivity index (χ0v) is 12.3. The second-order valence-electron chi connectivity index (χ2n) is 4.23. The van der Waals surface area contributed by atoms with E-state index in [-0.39, 0.29) is 25.7 Å². The van der Waals surface area contributed by atoms with Crippen molar-refractivity contribution in [3.8, 4) is 0 Å². The monoisotopic (exact) mass is 298 g/mol. The van der Waals surface area contributed by atoms with Gasteiger partial charge in [0, 0.05) is 30.3 Å². The summed E-state index contributed by atoms with van der Waals surface area (Å²) in [6.45, 7) is 1.56. The Morgan fingerprint density at radius 3 is 2.40 bits per heavy atom. The molecule has 0 bridgehead atoms. The van der Waals surface area contributed by atoms with Gasteiger partial charge in [-0.1, -0.05) is 18.2 Å². The summed E-state index contributed by atoms with van der Waals surface area (Å²) in [5.74, 6) is 0.732. The standard InChI is InChI=1S/C14H22N2O3S/c17-9-7-16(8-10-18)12-14(19)15-6-11-20-13-4-2-1-3-5-13/h1-5,17-18H,6-12H2,(H,15,19). The van der Waals surface area contributed by atoms with E-state index < -0.39 is 0 Å². The maximum atomic E-state index is 11.7. The fourth-order valence-electron chi connectivity index (χ4n) is 1.69. The molecule has 0 saturated carbocycles. The lowest BCUT2D eigenvalue weighted by Gasteiger charge is -2.19. The number of nitrogens with one attached hydrogen (secondary N) is 1. The van der Waals surface area contributed by atoms with Gasteiger partial charge in [-0.25, -0.2) is 0 Å². The molecule has 1 rings (SSSR count). The number of rotatable bonds is 10. The third-order valence-corrected chi connectivity index (χ3v) is 3.65. The van der Waals surface area contributed by atoms with Crippen molar-refractivity contribution in [1.29, 1.82) is 0 Å². The fourth-order valence-corrected chi connectivity index (χ4v) is 2.48. The van der Waals surface area contributed by atoms with Crippen molar-refractivity contribution < 1.29 is 15.0 Å². The Morgan fingerprint density at radius 1 is 1.15 bits per heavy atom. The predicted molar refractivity (Wildman–Crippen MR) is 80.8 cm³/mol. The molecule has 0 spiro atoms. The smallest absolute Gasteiger partial charge is 0.234 e. The molecule has 20 heavy (non-hydrogen) atoms. The molecule has 112 valence electrons. The lowest BCUT2D eigenvalue weighted by Crippen LogP contribution is -2.40. The molecule has 0 radical (unpaired) electrons. The molecule has 0 fully saturated rings. The Kier molecular flexibility index (Phi) is 9.06. The number of aliphatic hydroxyl groups is 2. The molecule has 0 aliphatic carbocycles. The van der Waals surface area contributed by atoms with Crippen LogP contribution in [-0.4, -0.2) is 66.2 Å². The van der Waals surface area contributed by atoms with E-state index in [0.29, 0.717) is 19.6 Å². The lowest BCUT2D eigenvalue weighted by molar-refractivity contribution is -0.122. The zero-order valence-electron chi connectivity index (χ0n) is 11.5. The van der Waals surface area contributed by atoms with Gasteiger partial charge >= 0.3 is 0 Å². The maximum Gasteiger partial charge on any atom is 0.234 e. The highest BCUT2D eigenvalue weighted by Crippen LogP contribution is 2.15. The van der Waals surface area contributed by atoms with Gasteiger partial charge in [0.05, 0.1) is 19.8 Å². The van der Waals surface area contributed by atoms with E-state index in [9.17, 15) is 4.79 Å². The highest BCUT2D eigenvalue weighted by Gasteiger charge is 2.09. The normalized spacial score (nSPS) is 10.8. The first-order chi connectivity index (χ1) is 9.76. The summed E-state index contributed by atoms with van der Waals surface area (Å²) in [5, 5.41) is 20.6. The summed E-state index contributed by atoms with van der Waals surface area (Å²) >= 11 is 1.69. The molecule has 1 amide bonds. The number of amides is 1. The minimum Gasteiger partial charge on any atom is -0.395 e. The van der Waals surface area contributed by atoms with Crippen molar-refractivity contribution in [2.24, 2.45) is 0 Å². The quantitative estimate of drug-likeness (QED) is 0.424. The van der Waals surface area contributed by atoms with Crippen LogP contribution in [0, 0.1) is 0 Å². The molecule has 1 aromatic rings. The van der Waals surface area contributed by atoms with Gasteiger partial charge in [-0.2, -0.15) is 0 Å². The first-order valence-electron chi connectivity index (χ1n) is 6.65. The van der Waals surface area contributed by atoms with Gasteiger partial charge < -0.3 is 15.5 Å². The van der Waals surface area contributed by atoms with Crippen LogP contribution in [0.3, 0.4) is 0 Å². The van der Waals surface area contributed by atoms with Crippen molar-refractivity contribution in [3.63, 3.8) is 0 Å². The van der Waals surface area contributed by atoms with Gasteiger partial charge in [0.2, 0.25) is 5.91 Å². The van der Waals surface area contributed by atoms with Gasteiger partial charge in [0.25, 0.3) is 0 Å². The van der Waals surface area contributed by atoms with Gasteiger partial charge in [0.1, 0.15) is 0 Å². The van der Waals surface area contributed by atoms with Crippen LogP contribution < -0.4 is 5.32 Å². The molecule has 1 aromatic carbocycles. The van der Waals surface area contributed by atoms with E-state index >= 15 is 0 Å². The molecule has 0 aliphatic heterocycles. The van der Waals surface area contributed by atoms with Crippen LogP contribution in [0.1, 0.15) is 0 Å². The van der Waals surface area contributed by atoms with Crippen molar-refractivity contribution >= 4 is 17.7 Å². The molecule has 0 saturated heterocycles. The molecule has 5 nitrogen and oxygen atoms in total. The van der Waals surface area contributed by atoms with Crippen LogP contribution >= 0.6 is 11.8 Å². The lowest BCUT2D eigenvalue weighted by atomic mass is 10.4. The molecule has 0 atom stereocenters. The third kappa shape index (κ3) is 7.49. The Morgan fingerprint density at radius 2 is 1.80 bits per heavy atom.